The average molecular weight is 424 g/mol. The van der Waals surface area contributed by atoms with Crippen LogP contribution < -0.4 is 4.74 Å². The normalized spacial score (nSPS) is 15.6. The predicted octanol–water partition coefficient (Wildman–Crippen LogP) is 2.60. The molecule has 8 nitrogen and oxygen atoms in total. The van der Waals surface area contributed by atoms with Crippen molar-refractivity contribution in [1.29, 1.82) is 0 Å². The Morgan fingerprint density at radius 1 is 1.03 bits per heavy atom. The molecule has 2 aromatic carbocycles. The number of sulfonamides is 1. The van der Waals surface area contributed by atoms with Crippen molar-refractivity contribution in [2.45, 2.75) is 4.90 Å². The first kappa shape index (κ1) is 19.0. The van der Waals surface area contributed by atoms with E-state index in [-0.39, 0.29) is 4.90 Å². The first-order valence-electron chi connectivity index (χ1n) is 9.57. The molecule has 5 rings (SSSR count). The first-order chi connectivity index (χ1) is 14.6. The van der Waals surface area contributed by atoms with Crippen LogP contribution in [0.2, 0.25) is 0 Å². The Morgan fingerprint density at radius 2 is 1.87 bits per heavy atom. The van der Waals surface area contributed by atoms with Crippen molar-refractivity contribution < 1.29 is 17.9 Å². The van der Waals surface area contributed by atoms with Gasteiger partial charge in [0.2, 0.25) is 10.0 Å². The minimum absolute atomic E-state index is 0.242. The van der Waals surface area contributed by atoms with E-state index in [9.17, 15) is 8.42 Å². The Balaban J connectivity index is 1.59. The molecule has 0 saturated carbocycles. The number of fused-ring (bicyclic) bond motifs is 3. The summed E-state index contributed by atoms with van der Waals surface area (Å²) >= 11 is 0. The fourth-order valence-corrected chi connectivity index (χ4v) is 5.09. The third-order valence-corrected chi connectivity index (χ3v) is 7.15. The van der Waals surface area contributed by atoms with Gasteiger partial charge in [-0.3, -0.25) is 4.98 Å². The number of nitrogens with zero attached hydrogens (tertiary/aromatic N) is 4. The van der Waals surface area contributed by atoms with Crippen molar-refractivity contribution in [3.63, 3.8) is 0 Å². The molecule has 1 aliphatic rings. The van der Waals surface area contributed by atoms with E-state index in [1.807, 2.05) is 30.5 Å². The largest absolute Gasteiger partial charge is 0.497 e. The van der Waals surface area contributed by atoms with Gasteiger partial charge in [-0.05, 0) is 36.4 Å². The van der Waals surface area contributed by atoms with Crippen molar-refractivity contribution >= 4 is 31.8 Å². The first-order valence-corrected chi connectivity index (χ1v) is 11.0. The van der Waals surface area contributed by atoms with Crippen LogP contribution in [0, 0.1) is 0 Å². The molecule has 2 aromatic heterocycles. The van der Waals surface area contributed by atoms with E-state index in [4.69, 9.17) is 9.47 Å². The van der Waals surface area contributed by atoms with Crippen LogP contribution in [0.15, 0.2) is 59.8 Å². The lowest BCUT2D eigenvalue weighted by Gasteiger charge is -2.26. The van der Waals surface area contributed by atoms with Gasteiger partial charge in [0.1, 0.15) is 11.3 Å². The number of rotatable bonds is 4. The van der Waals surface area contributed by atoms with Gasteiger partial charge in [0.05, 0.1) is 42.6 Å². The standard InChI is InChI=1S/C21H20N4O4S/c1-28-16-5-6-20-18(12-16)19-14-25(23-21(19)13-22-20)15-3-2-4-17(11-15)30(26,27)24-7-9-29-10-8-24/h2-6,11-14H,7-10H2,1H3. The molecule has 3 heterocycles. The predicted molar refractivity (Wildman–Crippen MR) is 113 cm³/mol. The van der Waals surface area contributed by atoms with E-state index in [0.717, 1.165) is 27.6 Å². The molecule has 0 atom stereocenters. The van der Waals surface area contributed by atoms with Crippen LogP contribution in [0.4, 0.5) is 0 Å². The summed E-state index contributed by atoms with van der Waals surface area (Å²) in [5.74, 6) is 0.739. The summed E-state index contributed by atoms with van der Waals surface area (Å²) in [6.07, 6.45) is 3.61. The number of methoxy groups -OCH3 is 1. The minimum atomic E-state index is -3.58. The molecular weight excluding hydrogens is 404 g/mol. The monoisotopic (exact) mass is 424 g/mol. The molecule has 0 radical (unpaired) electrons. The molecule has 0 bridgehead atoms. The third kappa shape index (κ3) is 3.20. The zero-order valence-corrected chi connectivity index (χ0v) is 17.2. The summed E-state index contributed by atoms with van der Waals surface area (Å²) in [6, 6.07) is 12.5. The lowest BCUT2D eigenvalue weighted by atomic mass is 10.1. The number of benzene rings is 2. The van der Waals surface area contributed by atoms with Gasteiger partial charge >= 0.3 is 0 Å². The molecule has 4 aromatic rings. The highest BCUT2D eigenvalue weighted by molar-refractivity contribution is 7.89. The molecule has 9 heteroatoms. The Morgan fingerprint density at radius 3 is 2.67 bits per heavy atom. The molecule has 1 saturated heterocycles. The van der Waals surface area contributed by atoms with Crippen molar-refractivity contribution in [3.8, 4) is 11.4 Å². The highest BCUT2D eigenvalue weighted by Gasteiger charge is 2.26. The lowest BCUT2D eigenvalue weighted by molar-refractivity contribution is 0.0730. The molecule has 0 N–H and O–H groups in total. The smallest absolute Gasteiger partial charge is 0.243 e. The maximum absolute atomic E-state index is 13.0. The number of hydrogen-bond donors (Lipinski definition) is 0. The van der Waals surface area contributed by atoms with Crippen molar-refractivity contribution in [3.05, 3.63) is 54.9 Å². The number of morpholine rings is 1. The van der Waals surface area contributed by atoms with Crippen LogP contribution in [0.1, 0.15) is 0 Å². The summed E-state index contributed by atoms with van der Waals surface area (Å²) in [5.41, 5.74) is 2.22. The van der Waals surface area contributed by atoms with Crippen LogP contribution in [0.3, 0.4) is 0 Å². The highest BCUT2D eigenvalue weighted by Crippen LogP contribution is 2.28. The third-order valence-electron chi connectivity index (χ3n) is 5.25. The zero-order valence-electron chi connectivity index (χ0n) is 16.4. The van der Waals surface area contributed by atoms with Crippen molar-refractivity contribution in [2.75, 3.05) is 33.4 Å². The van der Waals surface area contributed by atoms with Crippen LogP contribution >= 0.6 is 0 Å². The van der Waals surface area contributed by atoms with Gasteiger partial charge in [-0.25, -0.2) is 13.1 Å². The maximum Gasteiger partial charge on any atom is 0.243 e. The van der Waals surface area contributed by atoms with E-state index in [0.29, 0.717) is 32.0 Å². The van der Waals surface area contributed by atoms with E-state index in [1.54, 1.807) is 36.2 Å². The fraction of sp³-hybridized carbons (Fsp3) is 0.238. The Labute approximate surface area is 173 Å². The Bertz CT molecular complexity index is 1340. The maximum atomic E-state index is 13.0. The van der Waals surface area contributed by atoms with E-state index >= 15 is 0 Å². The lowest BCUT2D eigenvalue weighted by Crippen LogP contribution is -2.40. The number of aromatic nitrogens is 3. The van der Waals surface area contributed by atoms with Crippen molar-refractivity contribution in [2.24, 2.45) is 0 Å². The molecule has 1 aliphatic heterocycles. The molecule has 154 valence electrons. The van der Waals surface area contributed by atoms with E-state index < -0.39 is 10.0 Å². The second-order valence-corrected chi connectivity index (χ2v) is 8.97. The van der Waals surface area contributed by atoms with Gasteiger partial charge in [-0.15, -0.1) is 0 Å². The molecule has 0 unspecified atom stereocenters. The molecule has 0 amide bonds. The van der Waals surface area contributed by atoms with Gasteiger partial charge in [-0.1, -0.05) is 6.07 Å². The van der Waals surface area contributed by atoms with Crippen molar-refractivity contribution in [1.82, 2.24) is 19.1 Å². The SMILES string of the molecule is COc1ccc2ncc3nn(-c4cccc(S(=O)(=O)N5CCOCC5)c4)cc3c2c1. The fourth-order valence-electron chi connectivity index (χ4n) is 3.65. The van der Waals surface area contributed by atoms with Crippen LogP contribution in [-0.4, -0.2) is 60.9 Å². The number of hydrogen-bond acceptors (Lipinski definition) is 6. The molecule has 30 heavy (non-hydrogen) atoms. The van der Waals surface area contributed by atoms with Gasteiger partial charge in [-0.2, -0.15) is 9.40 Å². The summed E-state index contributed by atoms with van der Waals surface area (Å²) < 4.78 is 39.8. The average Bonchev–Trinajstić information content (AvgIpc) is 3.24. The molecule has 0 aliphatic carbocycles. The summed E-state index contributed by atoms with van der Waals surface area (Å²) in [4.78, 5) is 4.71. The van der Waals surface area contributed by atoms with E-state index in [1.165, 1.54) is 4.31 Å². The highest BCUT2D eigenvalue weighted by atomic mass is 32.2. The molecule has 0 spiro atoms. The second-order valence-electron chi connectivity index (χ2n) is 7.03. The molecular formula is C21H20N4O4S. The second kappa shape index (κ2) is 7.35. The summed E-state index contributed by atoms with van der Waals surface area (Å²) in [6.45, 7) is 1.54. The summed E-state index contributed by atoms with van der Waals surface area (Å²) in [5, 5.41) is 6.45. The number of ether oxygens (including phenoxy) is 2. The summed E-state index contributed by atoms with van der Waals surface area (Å²) in [7, 11) is -1.96. The topological polar surface area (TPSA) is 86.6 Å². The van der Waals surface area contributed by atoms with Gasteiger partial charge in [0, 0.05) is 30.1 Å². The zero-order chi connectivity index (χ0) is 20.7. The quantitative estimate of drug-likeness (QED) is 0.501. The Hall–Kier alpha value is -3.01. The van der Waals surface area contributed by atoms with Gasteiger partial charge in [0.15, 0.2) is 0 Å². The van der Waals surface area contributed by atoms with Crippen LogP contribution in [0.25, 0.3) is 27.5 Å². The molecule has 1 fully saturated rings. The van der Waals surface area contributed by atoms with E-state index in [2.05, 4.69) is 10.1 Å². The van der Waals surface area contributed by atoms with Gasteiger partial charge < -0.3 is 9.47 Å². The van der Waals surface area contributed by atoms with Crippen LogP contribution in [-0.2, 0) is 14.8 Å². The van der Waals surface area contributed by atoms with Gasteiger partial charge in [0.25, 0.3) is 0 Å². The minimum Gasteiger partial charge on any atom is -0.497 e. The van der Waals surface area contributed by atoms with Crippen LogP contribution in [0.5, 0.6) is 5.75 Å². The number of pyridine rings is 1. The Kier molecular flexibility index (Phi) is 4.65.